The highest BCUT2D eigenvalue weighted by atomic mass is 32.1. The van der Waals surface area contributed by atoms with Crippen molar-refractivity contribution in [2.24, 2.45) is 0 Å². The lowest BCUT2D eigenvalue weighted by Crippen LogP contribution is -2.00. The highest BCUT2D eigenvalue weighted by molar-refractivity contribution is 7.31. The molecule has 30 aromatic rings. The van der Waals surface area contributed by atoms with Crippen LogP contribution in [0.4, 0.5) is 11.4 Å². The van der Waals surface area contributed by atoms with Gasteiger partial charge in [-0.3, -0.25) is 0 Å². The van der Waals surface area contributed by atoms with Crippen molar-refractivity contribution in [1.82, 2.24) is 13.7 Å². The molecular weight excluding hydrogens is 1900 g/mol. The Kier molecular flexibility index (Phi) is 20.3. The van der Waals surface area contributed by atoms with Crippen molar-refractivity contribution in [3.63, 3.8) is 0 Å². The van der Waals surface area contributed by atoms with E-state index < -0.39 is 0 Å². The molecule has 0 amide bonds. The second-order valence-corrected chi connectivity index (χ2v) is 43.3. The van der Waals surface area contributed by atoms with Gasteiger partial charge in [0.25, 0.3) is 0 Å². The fraction of sp³-hybridized carbons (Fsp3) is 0. The van der Waals surface area contributed by atoms with Gasteiger partial charge in [-0.2, -0.15) is 21.0 Å². The maximum absolute atomic E-state index is 10.4. The molecule has 21 aromatic carbocycles. The molecule has 0 N–H and O–H groups in total. The van der Waals surface area contributed by atoms with E-state index in [1.54, 1.807) is 0 Å². The molecule has 9 aromatic heterocycles. The van der Waals surface area contributed by atoms with Crippen LogP contribution in [0.15, 0.2) is 419 Å². The van der Waals surface area contributed by atoms with Crippen LogP contribution in [-0.4, -0.2) is 13.7 Å². The molecule has 9 heterocycles. The summed E-state index contributed by atoms with van der Waals surface area (Å²) in [5.74, 6) is 0. The van der Waals surface area contributed by atoms with Gasteiger partial charge in [-0.1, -0.05) is 261 Å². The minimum absolute atomic E-state index is 0.639. The number of nitrogens with zero attached hydrogens (tertiary/aromatic N) is 9. The zero-order valence-corrected chi connectivity index (χ0v) is 82.7. The molecule has 0 aliphatic heterocycles. The molecule has 678 valence electrons. The van der Waals surface area contributed by atoms with Gasteiger partial charge in [-0.05, 0) is 208 Å². The first-order valence-corrected chi connectivity index (χ1v) is 53.0. The third kappa shape index (κ3) is 13.7. The van der Waals surface area contributed by atoms with Gasteiger partial charge in [0.15, 0.2) is 11.4 Å². The zero-order chi connectivity index (χ0) is 97.9. The van der Waals surface area contributed by atoms with E-state index in [4.69, 9.17) is 13.1 Å². The van der Waals surface area contributed by atoms with E-state index in [2.05, 4.69) is 363 Å². The van der Waals surface area contributed by atoms with Crippen LogP contribution in [0.2, 0.25) is 0 Å². The summed E-state index contributed by atoms with van der Waals surface area (Å²) < 4.78 is 21.9. The van der Waals surface area contributed by atoms with Gasteiger partial charge >= 0.3 is 0 Å². The predicted octanol–water partition coefficient (Wildman–Crippen LogP) is 39.1. The lowest BCUT2D eigenvalue weighted by molar-refractivity contribution is 1.17. The van der Waals surface area contributed by atoms with Crippen molar-refractivity contribution in [3.05, 3.63) is 464 Å². The standard InChI is InChI=1S/3C44H23N3S2/c1-46-30-10-6-8-26(22-30)27-16-19-39-35(23-27)34-18-21-41-42(44(34)49-39)36-24-28(17-20-40(36)48-41)31-13-7-9-29(25-45)43(31)47-37-14-4-2-11-32(37)33-12-3-5-15-38(33)47;1-46-30-17-13-26(14-18-30)27-15-20-39-35(23-27)34-19-22-41-42(44(34)49-39)36-24-28(16-21-40(36)48-41)31-10-6-7-29(25-45)43(31)47-37-11-4-2-8-32(37)33-9-3-5-12-38(33)47;45-24-28-8-1-2-10-30(28)26-16-19-39-35(22-26)34-18-21-41-42(44(34)49-39)36-23-27(17-20-40(36)48-41)31-13-7-9-29(25-46)43(31)47-37-14-5-3-11-32(37)33-12-4-6-15-38(33)47/h2*2-24H;1-23H. The zero-order valence-electron chi connectivity index (χ0n) is 77.8. The SMILES string of the molecule is N#Cc1ccccc1-c1ccc2sc3c(ccc4sc5ccc(-c6cccc(C#N)c6-n6c7ccccc7c7ccccc76)cc5c43)c2c1.[C-]#[N+]c1ccc(-c2ccc3sc4c(ccc5sc6ccc(-c7cccc(C#N)c7-n7c8ccccc8c8ccccc87)cc6c54)c3c2)cc1.[C-]#[N+]c1cccc(-c2ccc3sc4c(ccc5sc6ccc(-c7cccc(C#N)c7-n7c8ccccc8c8ccccc87)cc6c54)c3c2)c1. The molecule has 147 heavy (non-hydrogen) atoms. The van der Waals surface area contributed by atoms with E-state index in [0.717, 1.165) is 117 Å². The van der Waals surface area contributed by atoms with Crippen LogP contribution in [0.25, 0.3) is 280 Å². The van der Waals surface area contributed by atoms with Crippen LogP contribution < -0.4 is 0 Å². The normalized spacial score (nSPS) is 11.6. The second kappa shape index (κ2) is 34.6. The van der Waals surface area contributed by atoms with Gasteiger partial charge < -0.3 is 13.7 Å². The first kappa shape index (κ1) is 86.2. The summed E-state index contributed by atoms with van der Waals surface area (Å²) in [4.78, 5) is 7.19. The summed E-state index contributed by atoms with van der Waals surface area (Å²) in [6, 6.07) is 156. The van der Waals surface area contributed by atoms with E-state index >= 15 is 0 Å². The number of thiophene rings is 6. The Labute approximate surface area is 864 Å². The molecule has 0 atom stereocenters. The quantitative estimate of drug-likeness (QED) is 0.134. The van der Waals surface area contributed by atoms with Gasteiger partial charge in [0.05, 0.1) is 91.6 Å². The first-order valence-electron chi connectivity index (χ1n) is 48.1. The smallest absolute Gasteiger partial charge is 0.187 e. The molecule has 0 saturated carbocycles. The van der Waals surface area contributed by atoms with Crippen LogP contribution in [0.5, 0.6) is 0 Å². The molecule has 0 spiro atoms. The maximum atomic E-state index is 10.4. The molecule has 0 aliphatic carbocycles. The minimum atomic E-state index is 0.639. The number of aromatic nitrogens is 3. The Bertz CT molecular complexity index is 11100. The van der Waals surface area contributed by atoms with Crippen molar-refractivity contribution >= 4 is 266 Å². The van der Waals surface area contributed by atoms with Crippen molar-refractivity contribution in [3.8, 4) is 108 Å². The summed E-state index contributed by atoms with van der Waals surface area (Å²) in [5.41, 5.74) is 25.9. The highest BCUT2D eigenvalue weighted by Crippen LogP contribution is 2.54. The monoisotopic (exact) mass is 1970 g/mol. The molecular formula is C132H69N9S6. The fourth-order valence-electron chi connectivity index (χ4n) is 22.4. The molecule has 0 fully saturated rings. The first-order chi connectivity index (χ1) is 72.6. The molecule has 0 saturated heterocycles. The number of hydrogen-bond donors (Lipinski definition) is 0. The Hall–Kier alpha value is -18.7. The Morgan fingerprint density at radius 3 is 0.789 bits per heavy atom. The van der Waals surface area contributed by atoms with Crippen LogP contribution in [0.3, 0.4) is 0 Å². The molecule has 0 bridgehead atoms. The summed E-state index contributed by atoms with van der Waals surface area (Å²) in [5, 5.41) is 63.1. The number of fused-ring (bicyclic) bond motifs is 30. The maximum Gasteiger partial charge on any atom is 0.187 e. The Morgan fingerprint density at radius 2 is 0.442 bits per heavy atom. The van der Waals surface area contributed by atoms with Crippen molar-refractivity contribution < 1.29 is 0 Å². The lowest BCUT2D eigenvalue weighted by Gasteiger charge is -2.16. The number of nitriles is 4. The van der Waals surface area contributed by atoms with E-state index in [0.29, 0.717) is 33.6 Å². The molecule has 15 heteroatoms. The van der Waals surface area contributed by atoms with Crippen LogP contribution in [0.1, 0.15) is 22.3 Å². The topological polar surface area (TPSA) is 119 Å². The van der Waals surface area contributed by atoms with Crippen LogP contribution in [0, 0.1) is 58.5 Å². The van der Waals surface area contributed by atoms with E-state index in [9.17, 15) is 21.0 Å². The molecule has 0 aliphatic rings. The number of hydrogen-bond acceptors (Lipinski definition) is 10. The molecule has 0 radical (unpaired) electrons. The summed E-state index contributed by atoms with van der Waals surface area (Å²) >= 11 is 11.0. The van der Waals surface area contributed by atoms with E-state index in [1.807, 2.05) is 171 Å². The third-order valence-corrected chi connectivity index (χ3v) is 36.0. The van der Waals surface area contributed by atoms with Gasteiger partial charge in [-0.25, -0.2) is 9.69 Å². The lowest BCUT2D eigenvalue weighted by atomic mass is 9.97. The van der Waals surface area contributed by atoms with E-state index in [1.165, 1.54) is 153 Å². The number of rotatable bonds is 9. The van der Waals surface area contributed by atoms with Gasteiger partial charge in [0, 0.05) is 170 Å². The van der Waals surface area contributed by atoms with Crippen molar-refractivity contribution in [2.45, 2.75) is 0 Å². The van der Waals surface area contributed by atoms with Crippen molar-refractivity contribution in [2.75, 3.05) is 0 Å². The van der Waals surface area contributed by atoms with E-state index in [-0.39, 0.29) is 0 Å². The average Bonchev–Trinajstić information content (AvgIpc) is 1.57. The second-order valence-electron chi connectivity index (χ2n) is 36.9. The summed E-state index contributed by atoms with van der Waals surface area (Å²) in [7, 11) is 0. The van der Waals surface area contributed by atoms with Crippen molar-refractivity contribution in [1.29, 1.82) is 21.0 Å². The summed E-state index contributed by atoms with van der Waals surface area (Å²) in [6.07, 6.45) is 0. The van der Waals surface area contributed by atoms with Crippen LogP contribution in [-0.2, 0) is 0 Å². The molecule has 9 nitrogen and oxygen atoms in total. The van der Waals surface area contributed by atoms with Gasteiger partial charge in [-0.15, -0.1) is 68.0 Å². The summed E-state index contributed by atoms with van der Waals surface area (Å²) in [6.45, 7) is 14.8. The average molecular weight is 1970 g/mol. The van der Waals surface area contributed by atoms with Gasteiger partial charge in [0.2, 0.25) is 0 Å². The molecule has 30 rings (SSSR count). The largest absolute Gasteiger partial charge is 0.307 e. The Balaban J connectivity index is 0.000000107. The number of benzene rings is 21. The molecule has 0 unspecified atom stereocenters. The predicted molar refractivity (Wildman–Crippen MR) is 624 cm³/mol. The third-order valence-electron chi connectivity index (χ3n) is 29.0. The van der Waals surface area contributed by atoms with Gasteiger partial charge in [0.1, 0.15) is 18.2 Å². The Morgan fingerprint density at radius 1 is 0.184 bits per heavy atom. The fourth-order valence-corrected chi connectivity index (χ4v) is 29.7. The minimum Gasteiger partial charge on any atom is -0.307 e. The van der Waals surface area contributed by atoms with Crippen LogP contribution >= 0.6 is 68.0 Å². The highest BCUT2D eigenvalue weighted by Gasteiger charge is 2.28. The number of para-hydroxylation sites is 9.